The topological polar surface area (TPSA) is 72.5 Å². The van der Waals surface area contributed by atoms with E-state index in [0.717, 1.165) is 0 Å². The van der Waals surface area contributed by atoms with E-state index in [2.05, 4.69) is 12.6 Å². The van der Waals surface area contributed by atoms with E-state index in [4.69, 9.17) is 28.4 Å². The van der Waals surface area contributed by atoms with Crippen LogP contribution in [0.1, 0.15) is 34.6 Å². The molecule has 0 saturated carbocycles. The van der Waals surface area contributed by atoms with Crippen molar-refractivity contribution in [1.82, 2.24) is 0 Å². The molecule has 0 aliphatic heterocycles. The maximum Gasteiger partial charge on any atom is 0.341 e. The van der Waals surface area contributed by atoms with Crippen molar-refractivity contribution in [3.05, 3.63) is 18.2 Å². The highest BCUT2D eigenvalue weighted by atomic mass is 16.6. The number of benzene rings is 1. The van der Waals surface area contributed by atoms with Crippen molar-refractivity contribution in [1.29, 1.82) is 0 Å². The van der Waals surface area contributed by atoms with Crippen LogP contribution in [0.2, 0.25) is 0 Å². The lowest BCUT2D eigenvalue weighted by atomic mass is 10.2. The van der Waals surface area contributed by atoms with E-state index < -0.39 is 5.97 Å². The van der Waals surface area contributed by atoms with Crippen molar-refractivity contribution in [3.8, 4) is 28.7 Å². The Hall–Kier alpha value is -2.41. The van der Waals surface area contributed by atoms with Crippen molar-refractivity contribution in [2.75, 3.05) is 39.6 Å². The molecule has 0 amide bonds. The van der Waals surface area contributed by atoms with Gasteiger partial charge in [-0.3, -0.25) is 0 Å². The highest BCUT2D eigenvalue weighted by Gasteiger charge is 2.27. The summed E-state index contributed by atoms with van der Waals surface area (Å²) in [6.45, 7) is 14.8. The number of hydrogen-bond donors (Lipinski definition) is 0. The smallest absolute Gasteiger partial charge is 0.341 e. The summed E-state index contributed by atoms with van der Waals surface area (Å²) in [6.07, 6.45) is 0. The SMILES string of the molecule is C=C(COCC)C(=O)Oc1c(OCC)c(OCC)[c]c(OCC)c1OCC. The van der Waals surface area contributed by atoms with Crippen molar-refractivity contribution in [2.45, 2.75) is 34.6 Å². The molecule has 1 aromatic rings. The van der Waals surface area contributed by atoms with Gasteiger partial charge in [-0.15, -0.1) is 0 Å². The van der Waals surface area contributed by atoms with Crippen LogP contribution in [0.25, 0.3) is 0 Å². The van der Waals surface area contributed by atoms with Gasteiger partial charge in [0.2, 0.25) is 17.2 Å². The van der Waals surface area contributed by atoms with Crippen LogP contribution in [0.15, 0.2) is 12.2 Å². The standard InChI is InChI=1S/C20H29O7/c1-7-22-13-14(6)20(21)27-19-17(25-10-4)15(23-8-2)12-16(24-9-3)18(19)26-11-5/h6-11,13H2,1-5H3. The molecule has 0 heterocycles. The monoisotopic (exact) mass is 381 g/mol. The zero-order valence-electron chi connectivity index (χ0n) is 16.8. The van der Waals surface area contributed by atoms with E-state index >= 15 is 0 Å². The number of esters is 1. The summed E-state index contributed by atoms with van der Waals surface area (Å²) in [7, 11) is 0. The first kappa shape index (κ1) is 22.6. The second-order valence-electron chi connectivity index (χ2n) is 5.13. The fourth-order valence-electron chi connectivity index (χ4n) is 2.11. The molecule has 0 bridgehead atoms. The number of rotatable bonds is 13. The summed E-state index contributed by atoms with van der Waals surface area (Å²) in [4.78, 5) is 12.5. The molecule has 1 rings (SSSR count). The molecule has 0 aliphatic carbocycles. The number of carbonyl (C=O) groups excluding carboxylic acids is 1. The molecule has 0 spiro atoms. The first-order chi connectivity index (χ1) is 13.0. The minimum atomic E-state index is -0.651. The Balaban J connectivity index is 3.43. The van der Waals surface area contributed by atoms with Crippen molar-refractivity contribution < 1.29 is 33.2 Å². The van der Waals surface area contributed by atoms with E-state index in [0.29, 0.717) is 33.0 Å². The van der Waals surface area contributed by atoms with Crippen LogP contribution in [-0.4, -0.2) is 45.6 Å². The van der Waals surface area contributed by atoms with E-state index in [9.17, 15) is 4.79 Å². The minimum absolute atomic E-state index is 0.0683. The summed E-state index contributed by atoms with van der Waals surface area (Å²) in [5.41, 5.74) is 0.172. The van der Waals surface area contributed by atoms with Gasteiger partial charge in [0.1, 0.15) is 0 Å². The molecule has 0 atom stereocenters. The van der Waals surface area contributed by atoms with E-state index in [1.54, 1.807) is 0 Å². The third-order valence-electron chi connectivity index (χ3n) is 3.17. The third-order valence-corrected chi connectivity index (χ3v) is 3.17. The summed E-state index contributed by atoms with van der Waals surface area (Å²) < 4.78 is 33.3. The van der Waals surface area contributed by atoms with Gasteiger partial charge in [-0.2, -0.15) is 0 Å². The highest BCUT2D eigenvalue weighted by molar-refractivity contribution is 5.91. The predicted molar refractivity (Wildman–Crippen MR) is 101 cm³/mol. The lowest BCUT2D eigenvalue weighted by Crippen LogP contribution is -2.16. The first-order valence-corrected chi connectivity index (χ1v) is 9.15. The van der Waals surface area contributed by atoms with Crippen molar-refractivity contribution in [3.63, 3.8) is 0 Å². The molecule has 0 saturated heterocycles. The molecule has 0 N–H and O–H groups in total. The van der Waals surface area contributed by atoms with Crippen molar-refractivity contribution >= 4 is 5.97 Å². The van der Waals surface area contributed by atoms with Gasteiger partial charge in [0.25, 0.3) is 0 Å². The van der Waals surface area contributed by atoms with Gasteiger partial charge in [-0.25, -0.2) is 4.79 Å². The number of ether oxygens (including phenoxy) is 6. The predicted octanol–water partition coefficient (Wildman–Crippen LogP) is 3.58. The zero-order valence-corrected chi connectivity index (χ0v) is 16.8. The Labute approximate surface area is 161 Å². The molecule has 1 radical (unpaired) electrons. The molecule has 1 aromatic carbocycles. The van der Waals surface area contributed by atoms with E-state index in [-0.39, 0.29) is 40.9 Å². The van der Waals surface area contributed by atoms with Crippen LogP contribution in [0.5, 0.6) is 28.7 Å². The molecule has 7 nitrogen and oxygen atoms in total. The Morgan fingerprint density at radius 1 is 0.778 bits per heavy atom. The molecule has 0 aliphatic rings. The molecular formula is C20H29O7. The van der Waals surface area contributed by atoms with Gasteiger partial charge in [0.05, 0.1) is 44.7 Å². The Morgan fingerprint density at radius 3 is 1.67 bits per heavy atom. The average molecular weight is 381 g/mol. The summed E-state index contributed by atoms with van der Waals surface area (Å²) in [5, 5.41) is 0. The number of carbonyl (C=O) groups is 1. The summed E-state index contributed by atoms with van der Waals surface area (Å²) in [6, 6.07) is 3.00. The molecule has 7 heteroatoms. The van der Waals surface area contributed by atoms with Gasteiger partial charge < -0.3 is 28.4 Å². The highest BCUT2D eigenvalue weighted by Crippen LogP contribution is 2.50. The Kier molecular flexibility index (Phi) is 10.1. The molecular weight excluding hydrogens is 352 g/mol. The lowest BCUT2D eigenvalue weighted by Gasteiger charge is -2.20. The van der Waals surface area contributed by atoms with Gasteiger partial charge in [0.15, 0.2) is 11.5 Å². The fraction of sp³-hybridized carbons (Fsp3) is 0.550. The van der Waals surface area contributed by atoms with Gasteiger partial charge in [-0.05, 0) is 34.6 Å². The van der Waals surface area contributed by atoms with Crippen LogP contribution in [0.3, 0.4) is 0 Å². The fourth-order valence-corrected chi connectivity index (χ4v) is 2.11. The van der Waals surface area contributed by atoms with Crippen LogP contribution in [-0.2, 0) is 9.53 Å². The molecule has 151 valence electrons. The second-order valence-corrected chi connectivity index (χ2v) is 5.13. The molecule has 0 fully saturated rings. The normalized spacial score (nSPS) is 10.3. The maximum atomic E-state index is 12.5. The zero-order chi connectivity index (χ0) is 20.2. The van der Waals surface area contributed by atoms with Gasteiger partial charge >= 0.3 is 5.97 Å². The molecule has 27 heavy (non-hydrogen) atoms. The third kappa shape index (κ3) is 6.36. The van der Waals surface area contributed by atoms with Crippen LogP contribution in [0.4, 0.5) is 0 Å². The Bertz CT molecular complexity index is 591. The quantitative estimate of drug-likeness (QED) is 0.294. The number of hydrogen-bond acceptors (Lipinski definition) is 7. The molecule has 0 unspecified atom stereocenters. The average Bonchev–Trinajstić information content (AvgIpc) is 2.65. The molecule has 0 aromatic heterocycles. The van der Waals surface area contributed by atoms with Crippen molar-refractivity contribution in [2.24, 2.45) is 0 Å². The lowest BCUT2D eigenvalue weighted by molar-refractivity contribution is -0.131. The van der Waals surface area contributed by atoms with Crippen LogP contribution < -0.4 is 23.7 Å². The maximum absolute atomic E-state index is 12.5. The van der Waals surface area contributed by atoms with Gasteiger partial charge in [0, 0.05) is 6.61 Å². The summed E-state index contributed by atoms with van der Waals surface area (Å²) in [5.74, 6) is 0.440. The summed E-state index contributed by atoms with van der Waals surface area (Å²) >= 11 is 0. The first-order valence-electron chi connectivity index (χ1n) is 9.15. The van der Waals surface area contributed by atoms with Crippen LogP contribution >= 0.6 is 0 Å². The second kappa shape index (κ2) is 12.1. The van der Waals surface area contributed by atoms with Crippen LogP contribution in [0, 0.1) is 6.07 Å². The van der Waals surface area contributed by atoms with E-state index in [1.165, 1.54) is 0 Å². The van der Waals surface area contributed by atoms with E-state index in [1.807, 2.05) is 34.6 Å². The van der Waals surface area contributed by atoms with Gasteiger partial charge in [-0.1, -0.05) is 6.58 Å². The largest absolute Gasteiger partial charge is 0.489 e. The minimum Gasteiger partial charge on any atom is -0.489 e. The Morgan fingerprint density at radius 2 is 1.26 bits per heavy atom.